The first-order valence-corrected chi connectivity index (χ1v) is 7.02. The van der Waals surface area contributed by atoms with Crippen LogP contribution in [0.5, 0.6) is 0 Å². The van der Waals surface area contributed by atoms with Gasteiger partial charge in [-0.15, -0.1) is 5.10 Å². The van der Waals surface area contributed by atoms with Gasteiger partial charge in [-0.2, -0.15) is 0 Å². The minimum atomic E-state index is -0.553. The molecular formula is C15H13N3O3. The topological polar surface area (TPSA) is 74.1 Å². The third kappa shape index (κ3) is 1.76. The van der Waals surface area contributed by atoms with Gasteiger partial charge in [0.15, 0.2) is 6.23 Å². The van der Waals surface area contributed by atoms with Crippen LogP contribution < -0.4 is 0 Å². The number of hydrogen-bond acceptors (Lipinski definition) is 5. The molecule has 1 fully saturated rings. The number of Topliss-reactive ketones (excluding diaryl/α,β-unsaturated/α-hetero) is 2. The van der Waals surface area contributed by atoms with Crippen molar-refractivity contribution >= 4 is 11.6 Å². The molecule has 1 atom stereocenters. The van der Waals surface area contributed by atoms with E-state index in [0.717, 1.165) is 19.3 Å². The molecule has 0 bridgehead atoms. The Morgan fingerprint density at radius 1 is 1.10 bits per heavy atom. The average Bonchev–Trinajstić information content (AvgIpc) is 2.99. The second-order valence-corrected chi connectivity index (χ2v) is 5.26. The molecular weight excluding hydrogens is 270 g/mol. The van der Waals surface area contributed by atoms with Crippen molar-refractivity contribution in [2.75, 3.05) is 6.61 Å². The lowest BCUT2D eigenvalue weighted by Gasteiger charge is -2.24. The monoisotopic (exact) mass is 283 g/mol. The lowest BCUT2D eigenvalue weighted by molar-refractivity contribution is -0.0414. The van der Waals surface area contributed by atoms with Crippen LogP contribution in [0.3, 0.4) is 0 Å². The zero-order valence-electron chi connectivity index (χ0n) is 11.3. The van der Waals surface area contributed by atoms with Crippen LogP contribution >= 0.6 is 0 Å². The smallest absolute Gasteiger partial charge is 0.253 e. The fourth-order valence-electron chi connectivity index (χ4n) is 2.92. The molecule has 6 nitrogen and oxygen atoms in total. The van der Waals surface area contributed by atoms with E-state index in [9.17, 15) is 9.59 Å². The zero-order chi connectivity index (χ0) is 14.4. The third-order valence-electron chi connectivity index (χ3n) is 3.97. The SMILES string of the molecule is O=C1C(=O)c2c(nnn2C2CCCCO2)-c2ccccc21. The van der Waals surface area contributed by atoms with Crippen molar-refractivity contribution in [3.05, 3.63) is 35.5 Å². The normalized spacial score (nSPS) is 21.0. The predicted molar refractivity (Wildman–Crippen MR) is 73.0 cm³/mol. The highest BCUT2D eigenvalue weighted by molar-refractivity contribution is 6.52. The van der Waals surface area contributed by atoms with Crippen LogP contribution in [0, 0.1) is 0 Å². The number of carbonyl (C=O) groups excluding carboxylic acids is 2. The average molecular weight is 283 g/mol. The molecule has 1 aromatic carbocycles. The molecule has 0 spiro atoms. The van der Waals surface area contributed by atoms with E-state index in [0.29, 0.717) is 23.4 Å². The van der Waals surface area contributed by atoms with Crippen LogP contribution in [0.4, 0.5) is 0 Å². The van der Waals surface area contributed by atoms with Gasteiger partial charge in [-0.1, -0.05) is 29.5 Å². The summed E-state index contributed by atoms with van der Waals surface area (Å²) in [6, 6.07) is 7.00. The predicted octanol–water partition coefficient (Wildman–Crippen LogP) is 2.02. The third-order valence-corrected chi connectivity index (χ3v) is 3.97. The van der Waals surface area contributed by atoms with E-state index in [4.69, 9.17) is 4.74 Å². The van der Waals surface area contributed by atoms with Gasteiger partial charge in [-0.05, 0) is 19.3 Å². The highest BCUT2D eigenvalue weighted by Crippen LogP contribution is 2.34. The number of ketones is 2. The molecule has 1 aliphatic carbocycles. The van der Waals surface area contributed by atoms with E-state index in [1.807, 2.05) is 6.07 Å². The summed E-state index contributed by atoms with van der Waals surface area (Å²) in [5.41, 5.74) is 1.79. The van der Waals surface area contributed by atoms with Crippen LogP contribution in [0.1, 0.15) is 46.3 Å². The highest BCUT2D eigenvalue weighted by Gasteiger charge is 2.37. The van der Waals surface area contributed by atoms with E-state index in [2.05, 4.69) is 10.3 Å². The van der Waals surface area contributed by atoms with Gasteiger partial charge in [-0.25, -0.2) is 4.68 Å². The van der Waals surface area contributed by atoms with Gasteiger partial charge in [0, 0.05) is 17.7 Å². The lowest BCUT2D eigenvalue weighted by Crippen LogP contribution is -2.28. The Morgan fingerprint density at radius 3 is 2.67 bits per heavy atom. The van der Waals surface area contributed by atoms with Crippen molar-refractivity contribution in [1.82, 2.24) is 15.0 Å². The van der Waals surface area contributed by atoms with Gasteiger partial charge >= 0.3 is 0 Å². The van der Waals surface area contributed by atoms with Gasteiger partial charge in [0.05, 0.1) is 0 Å². The number of aromatic nitrogens is 3. The highest BCUT2D eigenvalue weighted by atomic mass is 16.5. The Labute approximate surface area is 120 Å². The number of benzene rings is 1. The fourth-order valence-corrected chi connectivity index (χ4v) is 2.92. The van der Waals surface area contributed by atoms with Crippen LogP contribution in [0.15, 0.2) is 24.3 Å². The number of hydrogen-bond donors (Lipinski definition) is 0. The van der Waals surface area contributed by atoms with Gasteiger partial charge in [0.2, 0.25) is 5.78 Å². The minimum Gasteiger partial charge on any atom is -0.356 e. The Kier molecular flexibility index (Phi) is 2.71. The van der Waals surface area contributed by atoms with Crippen LogP contribution in [0.25, 0.3) is 11.3 Å². The van der Waals surface area contributed by atoms with Crippen LogP contribution in [0.2, 0.25) is 0 Å². The molecule has 1 aliphatic heterocycles. The standard InChI is InChI=1S/C15H13N3O3/c19-14-10-6-2-1-5-9(10)12-13(15(14)20)18(17-16-12)11-7-3-4-8-21-11/h1-2,5-6,11H,3-4,7-8H2. The fraction of sp³-hybridized carbons (Fsp3) is 0.333. The number of nitrogens with zero attached hydrogens (tertiary/aromatic N) is 3. The van der Waals surface area contributed by atoms with E-state index < -0.39 is 11.6 Å². The Balaban J connectivity index is 1.89. The maximum absolute atomic E-state index is 12.4. The van der Waals surface area contributed by atoms with Crippen molar-refractivity contribution in [3.8, 4) is 11.3 Å². The first kappa shape index (κ1) is 12.4. The first-order chi connectivity index (χ1) is 10.3. The summed E-state index contributed by atoms with van der Waals surface area (Å²) in [7, 11) is 0. The van der Waals surface area contributed by atoms with Gasteiger partial charge in [0.1, 0.15) is 11.4 Å². The van der Waals surface area contributed by atoms with Crippen molar-refractivity contribution in [3.63, 3.8) is 0 Å². The summed E-state index contributed by atoms with van der Waals surface area (Å²) < 4.78 is 7.13. The van der Waals surface area contributed by atoms with Crippen molar-refractivity contribution < 1.29 is 14.3 Å². The molecule has 21 heavy (non-hydrogen) atoms. The van der Waals surface area contributed by atoms with Crippen molar-refractivity contribution in [2.24, 2.45) is 0 Å². The molecule has 2 heterocycles. The second-order valence-electron chi connectivity index (χ2n) is 5.26. The lowest BCUT2D eigenvalue weighted by atomic mass is 9.90. The molecule has 0 saturated carbocycles. The Hall–Kier alpha value is -2.34. The summed E-state index contributed by atoms with van der Waals surface area (Å²) in [6.45, 7) is 0.637. The van der Waals surface area contributed by atoms with Crippen LogP contribution in [-0.4, -0.2) is 33.2 Å². The van der Waals surface area contributed by atoms with Crippen LogP contribution in [-0.2, 0) is 4.74 Å². The Bertz CT molecular complexity index is 744. The largest absolute Gasteiger partial charge is 0.356 e. The summed E-state index contributed by atoms with van der Waals surface area (Å²) in [4.78, 5) is 24.7. The summed E-state index contributed by atoms with van der Waals surface area (Å²) >= 11 is 0. The van der Waals surface area contributed by atoms with Gasteiger partial charge in [0.25, 0.3) is 5.78 Å². The molecule has 1 unspecified atom stereocenters. The minimum absolute atomic E-state index is 0.255. The van der Waals surface area contributed by atoms with E-state index in [1.165, 1.54) is 4.68 Å². The number of rotatable bonds is 1. The van der Waals surface area contributed by atoms with Gasteiger partial charge < -0.3 is 4.74 Å². The molecule has 0 amide bonds. The van der Waals surface area contributed by atoms with Crippen molar-refractivity contribution in [1.29, 1.82) is 0 Å². The summed E-state index contributed by atoms with van der Waals surface area (Å²) in [6.07, 6.45) is 2.48. The second kappa shape index (κ2) is 4.60. The molecule has 106 valence electrons. The molecule has 1 saturated heterocycles. The van der Waals surface area contributed by atoms with E-state index >= 15 is 0 Å². The molecule has 4 rings (SSSR count). The van der Waals surface area contributed by atoms with E-state index in [-0.39, 0.29) is 11.9 Å². The summed E-state index contributed by atoms with van der Waals surface area (Å²) in [5, 5.41) is 8.19. The molecule has 0 N–H and O–H groups in total. The maximum atomic E-state index is 12.4. The van der Waals surface area contributed by atoms with Crippen molar-refractivity contribution in [2.45, 2.75) is 25.5 Å². The van der Waals surface area contributed by atoms with Gasteiger partial charge in [-0.3, -0.25) is 9.59 Å². The summed E-state index contributed by atoms with van der Waals surface area (Å²) in [5.74, 6) is -1.06. The first-order valence-electron chi connectivity index (χ1n) is 7.02. The molecule has 1 aromatic heterocycles. The molecule has 2 aliphatic rings. The number of fused-ring (bicyclic) bond motifs is 3. The number of carbonyl (C=O) groups is 2. The van der Waals surface area contributed by atoms with E-state index in [1.54, 1.807) is 18.2 Å². The maximum Gasteiger partial charge on any atom is 0.253 e. The Morgan fingerprint density at radius 2 is 1.90 bits per heavy atom. The zero-order valence-corrected chi connectivity index (χ0v) is 11.3. The number of ether oxygens (including phenoxy) is 1. The quantitative estimate of drug-likeness (QED) is 0.748. The molecule has 2 aromatic rings. The molecule has 0 radical (unpaired) electrons. The molecule has 6 heteroatoms.